The van der Waals surface area contributed by atoms with Crippen LogP contribution in [0.3, 0.4) is 0 Å². The predicted octanol–water partition coefficient (Wildman–Crippen LogP) is 1.34. The molecule has 1 N–H and O–H groups in total. The van der Waals surface area contributed by atoms with Gasteiger partial charge in [-0.25, -0.2) is 0 Å². The number of ether oxygens (including phenoxy) is 1. The Morgan fingerprint density at radius 1 is 1.36 bits per heavy atom. The molecule has 0 rings (SSSR count). The average molecular weight is 202 g/mol. The van der Waals surface area contributed by atoms with Crippen LogP contribution in [-0.4, -0.2) is 51.8 Å². The second-order valence-electron chi connectivity index (χ2n) is 4.05. The molecular weight excluding hydrogens is 176 g/mol. The van der Waals surface area contributed by atoms with E-state index in [1.54, 1.807) is 7.11 Å². The first-order chi connectivity index (χ1) is 6.70. The Balaban J connectivity index is 3.40. The maximum Gasteiger partial charge on any atom is 0.0615 e. The predicted molar refractivity (Wildman–Crippen MR) is 61.7 cm³/mol. The van der Waals surface area contributed by atoms with Crippen LogP contribution in [-0.2, 0) is 4.74 Å². The van der Waals surface area contributed by atoms with Crippen LogP contribution in [0.25, 0.3) is 0 Å². The van der Waals surface area contributed by atoms with Crippen LogP contribution in [0.5, 0.6) is 0 Å². The minimum absolute atomic E-state index is 0.534. The smallest absolute Gasteiger partial charge is 0.0615 e. The summed E-state index contributed by atoms with van der Waals surface area (Å²) in [6, 6.07) is 0.534. The van der Waals surface area contributed by atoms with E-state index in [0.717, 1.165) is 19.7 Å². The fraction of sp³-hybridized carbons (Fsp3) is 1.00. The lowest BCUT2D eigenvalue weighted by atomic mass is 10.2. The molecule has 0 saturated heterocycles. The number of hydrogen-bond acceptors (Lipinski definition) is 3. The fourth-order valence-electron chi connectivity index (χ4n) is 1.50. The van der Waals surface area contributed by atoms with Crippen molar-refractivity contribution in [3.05, 3.63) is 0 Å². The third kappa shape index (κ3) is 8.48. The first-order valence-corrected chi connectivity index (χ1v) is 5.57. The Kier molecular flexibility index (Phi) is 9.35. The third-order valence-electron chi connectivity index (χ3n) is 2.22. The van der Waals surface area contributed by atoms with E-state index < -0.39 is 0 Å². The summed E-state index contributed by atoms with van der Waals surface area (Å²) in [7, 11) is 5.99. The van der Waals surface area contributed by atoms with Crippen molar-refractivity contribution in [3.63, 3.8) is 0 Å². The summed E-state index contributed by atoms with van der Waals surface area (Å²) in [5.41, 5.74) is 0. The van der Waals surface area contributed by atoms with Crippen molar-refractivity contribution >= 4 is 0 Å². The summed E-state index contributed by atoms with van der Waals surface area (Å²) >= 11 is 0. The van der Waals surface area contributed by atoms with Crippen LogP contribution in [0, 0.1) is 0 Å². The Hall–Kier alpha value is -0.120. The van der Waals surface area contributed by atoms with E-state index >= 15 is 0 Å². The van der Waals surface area contributed by atoms with Crippen LogP contribution in [0.4, 0.5) is 0 Å². The van der Waals surface area contributed by atoms with Gasteiger partial charge in [-0.3, -0.25) is 0 Å². The van der Waals surface area contributed by atoms with E-state index in [9.17, 15) is 0 Å². The van der Waals surface area contributed by atoms with E-state index in [1.807, 2.05) is 0 Å². The highest BCUT2D eigenvalue weighted by Gasteiger charge is 2.05. The highest BCUT2D eigenvalue weighted by atomic mass is 16.5. The monoisotopic (exact) mass is 202 g/mol. The van der Waals surface area contributed by atoms with Crippen LogP contribution >= 0.6 is 0 Å². The molecule has 0 radical (unpaired) electrons. The maximum absolute atomic E-state index is 5.16. The van der Waals surface area contributed by atoms with E-state index in [4.69, 9.17) is 4.74 Å². The van der Waals surface area contributed by atoms with Crippen molar-refractivity contribution in [1.82, 2.24) is 10.2 Å². The first kappa shape index (κ1) is 13.9. The SMILES string of the molecule is CCCC(COC)NCCCN(C)C. The molecule has 0 aliphatic rings. The summed E-state index contributed by atoms with van der Waals surface area (Å²) in [6.45, 7) is 5.28. The van der Waals surface area contributed by atoms with Crippen molar-refractivity contribution in [2.45, 2.75) is 32.2 Å². The normalized spacial score (nSPS) is 13.5. The van der Waals surface area contributed by atoms with Crippen LogP contribution in [0.2, 0.25) is 0 Å². The van der Waals surface area contributed by atoms with Crippen molar-refractivity contribution < 1.29 is 4.74 Å². The van der Waals surface area contributed by atoms with Gasteiger partial charge in [-0.2, -0.15) is 0 Å². The van der Waals surface area contributed by atoms with E-state index in [0.29, 0.717) is 6.04 Å². The number of methoxy groups -OCH3 is 1. The van der Waals surface area contributed by atoms with Crippen molar-refractivity contribution in [1.29, 1.82) is 0 Å². The number of nitrogens with zero attached hydrogens (tertiary/aromatic N) is 1. The molecule has 86 valence electrons. The highest BCUT2D eigenvalue weighted by molar-refractivity contribution is 4.65. The van der Waals surface area contributed by atoms with Crippen LogP contribution in [0.15, 0.2) is 0 Å². The van der Waals surface area contributed by atoms with Crippen LogP contribution in [0.1, 0.15) is 26.2 Å². The molecule has 0 amide bonds. The van der Waals surface area contributed by atoms with Gasteiger partial charge >= 0.3 is 0 Å². The van der Waals surface area contributed by atoms with Gasteiger partial charge in [0.15, 0.2) is 0 Å². The maximum atomic E-state index is 5.16. The van der Waals surface area contributed by atoms with Gasteiger partial charge in [-0.1, -0.05) is 13.3 Å². The molecule has 0 aliphatic heterocycles. The van der Waals surface area contributed by atoms with E-state index in [1.165, 1.54) is 19.3 Å². The van der Waals surface area contributed by atoms with E-state index in [2.05, 4.69) is 31.2 Å². The molecule has 0 aromatic rings. The van der Waals surface area contributed by atoms with Gasteiger partial charge in [0.1, 0.15) is 0 Å². The summed E-state index contributed by atoms with van der Waals surface area (Å²) in [5.74, 6) is 0. The molecular formula is C11H26N2O. The van der Waals surface area contributed by atoms with Gasteiger partial charge in [0.2, 0.25) is 0 Å². The Morgan fingerprint density at radius 2 is 2.07 bits per heavy atom. The molecule has 0 aromatic heterocycles. The Morgan fingerprint density at radius 3 is 2.57 bits per heavy atom. The molecule has 0 fully saturated rings. The van der Waals surface area contributed by atoms with Gasteiger partial charge < -0.3 is 15.0 Å². The molecule has 1 unspecified atom stereocenters. The third-order valence-corrected chi connectivity index (χ3v) is 2.22. The number of nitrogens with one attached hydrogen (secondary N) is 1. The van der Waals surface area contributed by atoms with Gasteiger partial charge in [0.05, 0.1) is 6.61 Å². The van der Waals surface area contributed by atoms with Gasteiger partial charge in [0.25, 0.3) is 0 Å². The number of hydrogen-bond donors (Lipinski definition) is 1. The average Bonchev–Trinajstić information content (AvgIpc) is 2.12. The molecule has 14 heavy (non-hydrogen) atoms. The summed E-state index contributed by atoms with van der Waals surface area (Å²) in [5, 5.41) is 3.53. The quantitative estimate of drug-likeness (QED) is 0.571. The second-order valence-corrected chi connectivity index (χ2v) is 4.05. The largest absolute Gasteiger partial charge is 0.383 e. The fourth-order valence-corrected chi connectivity index (χ4v) is 1.50. The Bertz CT molecular complexity index is 112. The minimum Gasteiger partial charge on any atom is -0.383 e. The molecule has 3 nitrogen and oxygen atoms in total. The minimum atomic E-state index is 0.534. The Labute approximate surface area is 88.8 Å². The highest BCUT2D eigenvalue weighted by Crippen LogP contribution is 1.97. The van der Waals surface area contributed by atoms with Crippen molar-refractivity contribution in [2.75, 3.05) is 40.9 Å². The van der Waals surface area contributed by atoms with Crippen LogP contribution < -0.4 is 5.32 Å². The van der Waals surface area contributed by atoms with Gasteiger partial charge in [-0.05, 0) is 40.0 Å². The molecule has 0 aliphatic carbocycles. The zero-order valence-corrected chi connectivity index (χ0v) is 10.2. The standard InChI is InChI=1S/C11H26N2O/c1-5-7-11(10-14-4)12-8-6-9-13(2)3/h11-12H,5-10H2,1-4H3. The van der Waals surface area contributed by atoms with Gasteiger partial charge in [0, 0.05) is 13.2 Å². The summed E-state index contributed by atoms with van der Waals surface area (Å²) in [4.78, 5) is 2.22. The zero-order chi connectivity index (χ0) is 10.8. The summed E-state index contributed by atoms with van der Waals surface area (Å²) < 4.78 is 5.16. The van der Waals surface area contributed by atoms with E-state index in [-0.39, 0.29) is 0 Å². The molecule has 1 atom stereocenters. The molecule has 0 saturated carbocycles. The van der Waals surface area contributed by atoms with Gasteiger partial charge in [-0.15, -0.1) is 0 Å². The summed E-state index contributed by atoms with van der Waals surface area (Å²) in [6.07, 6.45) is 3.63. The molecule has 0 heterocycles. The zero-order valence-electron chi connectivity index (χ0n) is 10.2. The second kappa shape index (κ2) is 9.44. The lowest BCUT2D eigenvalue weighted by molar-refractivity contribution is 0.161. The van der Waals surface area contributed by atoms with Crippen molar-refractivity contribution in [3.8, 4) is 0 Å². The lowest BCUT2D eigenvalue weighted by Crippen LogP contribution is -2.34. The number of rotatable bonds is 9. The molecule has 0 spiro atoms. The molecule has 0 aromatic carbocycles. The lowest BCUT2D eigenvalue weighted by Gasteiger charge is -2.17. The first-order valence-electron chi connectivity index (χ1n) is 5.57. The topological polar surface area (TPSA) is 24.5 Å². The molecule has 3 heteroatoms. The van der Waals surface area contributed by atoms with Crippen molar-refractivity contribution in [2.24, 2.45) is 0 Å². The molecule has 0 bridgehead atoms.